The molecule has 2 aliphatic rings. The van der Waals surface area contributed by atoms with E-state index in [2.05, 4.69) is 28.7 Å². The van der Waals surface area contributed by atoms with Crippen molar-refractivity contribution in [2.24, 2.45) is 5.41 Å². The first-order chi connectivity index (χ1) is 16.3. The maximum atomic E-state index is 12.9. The molecule has 2 aromatic carbocycles. The molecular weight excluding hydrogens is 436 g/mol. The van der Waals surface area contributed by atoms with Gasteiger partial charge in [-0.1, -0.05) is 48.5 Å². The molecule has 3 atom stereocenters. The number of benzene rings is 2. The molecule has 34 heavy (non-hydrogen) atoms. The van der Waals surface area contributed by atoms with E-state index in [1.807, 2.05) is 36.4 Å². The van der Waals surface area contributed by atoms with E-state index in [0.717, 1.165) is 22.3 Å². The van der Waals surface area contributed by atoms with Crippen LogP contribution < -0.4 is 10.6 Å². The average molecular weight is 463 g/mol. The summed E-state index contributed by atoms with van der Waals surface area (Å²) >= 11 is 0. The number of aliphatic carboxylic acids is 1. The third-order valence-electron chi connectivity index (χ3n) is 6.54. The van der Waals surface area contributed by atoms with Crippen molar-refractivity contribution in [3.8, 4) is 23.5 Å². The fraction of sp³-hybridized carbons (Fsp3) is 0.346. The number of amides is 2. The molecule has 2 aromatic rings. The van der Waals surface area contributed by atoms with Crippen molar-refractivity contribution < 1.29 is 29.0 Å². The molecule has 0 bridgehead atoms. The van der Waals surface area contributed by atoms with Gasteiger partial charge in [-0.25, -0.2) is 9.59 Å². The van der Waals surface area contributed by atoms with Crippen LogP contribution in [-0.4, -0.2) is 55.0 Å². The highest BCUT2D eigenvalue weighted by Gasteiger charge is 2.48. The van der Waals surface area contributed by atoms with E-state index in [-0.39, 0.29) is 32.2 Å². The third kappa shape index (κ3) is 4.35. The molecule has 3 unspecified atom stereocenters. The number of hydrogen-bond donors (Lipinski definition) is 3. The summed E-state index contributed by atoms with van der Waals surface area (Å²) in [7, 11) is 0. The van der Waals surface area contributed by atoms with Crippen LogP contribution in [0.1, 0.15) is 30.4 Å². The van der Waals surface area contributed by atoms with Gasteiger partial charge in [-0.3, -0.25) is 4.79 Å². The number of fused-ring (bicyclic) bond motifs is 3. The lowest BCUT2D eigenvalue weighted by molar-refractivity contribution is -0.143. The van der Waals surface area contributed by atoms with Crippen LogP contribution in [0.3, 0.4) is 0 Å². The fourth-order valence-corrected chi connectivity index (χ4v) is 4.52. The number of carbonyl (C=O) groups is 3. The largest absolute Gasteiger partial charge is 0.480 e. The number of hydrogen-bond acceptors (Lipinski definition) is 5. The summed E-state index contributed by atoms with van der Waals surface area (Å²) in [4.78, 5) is 36.9. The number of alkyl carbamates (subject to hydrolysis) is 1. The average Bonchev–Trinajstić information content (AvgIpc) is 3.36. The highest BCUT2D eigenvalue weighted by atomic mass is 16.5. The topological polar surface area (TPSA) is 114 Å². The second kappa shape index (κ2) is 9.57. The molecule has 1 saturated heterocycles. The van der Waals surface area contributed by atoms with E-state index in [1.165, 1.54) is 0 Å². The minimum absolute atomic E-state index is 0.0234. The zero-order valence-corrected chi connectivity index (χ0v) is 18.7. The molecule has 0 radical (unpaired) electrons. The third-order valence-corrected chi connectivity index (χ3v) is 6.54. The Morgan fingerprint density at radius 1 is 1.18 bits per heavy atom. The zero-order chi connectivity index (χ0) is 24.3. The molecule has 0 aromatic heterocycles. The van der Waals surface area contributed by atoms with Gasteiger partial charge in [0.1, 0.15) is 12.6 Å². The molecule has 1 fully saturated rings. The molecule has 176 valence electrons. The van der Waals surface area contributed by atoms with Gasteiger partial charge in [0.15, 0.2) is 0 Å². The second-order valence-electron chi connectivity index (χ2n) is 8.73. The van der Waals surface area contributed by atoms with Crippen LogP contribution in [-0.2, 0) is 19.1 Å². The van der Waals surface area contributed by atoms with Gasteiger partial charge < -0.3 is 25.2 Å². The van der Waals surface area contributed by atoms with Gasteiger partial charge in [0, 0.05) is 12.3 Å². The Hall–Kier alpha value is -3.83. The summed E-state index contributed by atoms with van der Waals surface area (Å²) in [5.74, 6) is 0.366. The van der Waals surface area contributed by atoms with Crippen molar-refractivity contribution in [1.82, 2.24) is 10.6 Å². The van der Waals surface area contributed by atoms with Gasteiger partial charge in [0.25, 0.3) is 0 Å². The fourth-order valence-electron chi connectivity index (χ4n) is 4.52. The molecular formula is C26H26N2O6. The standard InChI is InChI=1S/C26H26N2O6/c1-3-8-21(23(29)30)27-24(31)26(2)15-33-14-22(26)28-25(32)34-13-20-18-11-6-4-9-16(18)17-10-5-7-12-19(17)20/h1,4-7,9-12,20-22H,8,13-15H2,2H3,(H,27,31)(H,28,32)(H,29,30). The van der Waals surface area contributed by atoms with Crippen LogP contribution in [0.15, 0.2) is 48.5 Å². The SMILES string of the molecule is C#CCC(NC(=O)C1(C)COCC1NC(=O)OCC1c2ccccc2-c2ccccc21)C(=O)O. The lowest BCUT2D eigenvalue weighted by Crippen LogP contribution is -2.56. The van der Waals surface area contributed by atoms with Crippen molar-refractivity contribution in [3.05, 3.63) is 59.7 Å². The van der Waals surface area contributed by atoms with Gasteiger partial charge in [0.2, 0.25) is 5.91 Å². The highest BCUT2D eigenvalue weighted by Crippen LogP contribution is 2.44. The van der Waals surface area contributed by atoms with E-state index >= 15 is 0 Å². The van der Waals surface area contributed by atoms with Gasteiger partial charge >= 0.3 is 12.1 Å². The van der Waals surface area contributed by atoms with E-state index < -0.39 is 35.5 Å². The first-order valence-electron chi connectivity index (χ1n) is 11.0. The van der Waals surface area contributed by atoms with Gasteiger partial charge in [-0.05, 0) is 29.2 Å². The zero-order valence-electron chi connectivity index (χ0n) is 18.7. The number of nitrogens with one attached hydrogen (secondary N) is 2. The van der Waals surface area contributed by atoms with Crippen LogP contribution >= 0.6 is 0 Å². The quantitative estimate of drug-likeness (QED) is 0.545. The van der Waals surface area contributed by atoms with Gasteiger partial charge in [-0.15, -0.1) is 12.3 Å². The maximum Gasteiger partial charge on any atom is 0.407 e. The molecule has 4 rings (SSSR count). The normalized spacial score (nSPS) is 21.6. The minimum Gasteiger partial charge on any atom is -0.480 e. The molecule has 8 heteroatoms. The van der Waals surface area contributed by atoms with Gasteiger partial charge in [0.05, 0.1) is 24.7 Å². The Morgan fingerprint density at radius 3 is 2.38 bits per heavy atom. The number of ether oxygens (including phenoxy) is 2. The first-order valence-corrected chi connectivity index (χ1v) is 11.0. The van der Waals surface area contributed by atoms with Crippen LogP contribution in [0.5, 0.6) is 0 Å². The number of rotatable bonds is 7. The van der Waals surface area contributed by atoms with Crippen molar-refractivity contribution in [2.75, 3.05) is 19.8 Å². The number of carboxylic acid groups (broad SMARTS) is 1. The summed E-state index contributed by atoms with van der Waals surface area (Å²) in [6, 6.07) is 14.1. The van der Waals surface area contributed by atoms with Crippen molar-refractivity contribution >= 4 is 18.0 Å². The molecule has 3 N–H and O–H groups in total. The molecule has 0 spiro atoms. The molecule has 1 aliphatic heterocycles. The Kier molecular flexibility index (Phi) is 6.57. The predicted molar refractivity (Wildman–Crippen MR) is 124 cm³/mol. The summed E-state index contributed by atoms with van der Waals surface area (Å²) < 4.78 is 11.0. The molecule has 0 saturated carbocycles. The minimum atomic E-state index is -1.23. The van der Waals surface area contributed by atoms with Crippen LogP contribution in [0, 0.1) is 17.8 Å². The van der Waals surface area contributed by atoms with Crippen LogP contribution in [0.4, 0.5) is 4.79 Å². The van der Waals surface area contributed by atoms with E-state index in [0.29, 0.717) is 0 Å². The number of terminal acetylenes is 1. The molecule has 8 nitrogen and oxygen atoms in total. The molecule has 2 amide bonds. The monoisotopic (exact) mass is 462 g/mol. The summed E-state index contributed by atoms with van der Waals surface area (Å²) in [5, 5.41) is 14.4. The molecule has 1 heterocycles. The molecule has 1 aliphatic carbocycles. The Labute approximate surface area is 197 Å². The van der Waals surface area contributed by atoms with Gasteiger partial charge in [-0.2, -0.15) is 0 Å². The Balaban J connectivity index is 1.41. The predicted octanol–water partition coefficient (Wildman–Crippen LogP) is 2.52. The number of carboxylic acids is 1. The Bertz CT molecular complexity index is 1110. The lowest BCUT2D eigenvalue weighted by Gasteiger charge is -2.29. The summed E-state index contributed by atoms with van der Waals surface area (Å²) in [6.45, 7) is 1.87. The first kappa shape index (κ1) is 23.3. The van der Waals surface area contributed by atoms with Crippen LogP contribution in [0.2, 0.25) is 0 Å². The number of carbonyl (C=O) groups excluding carboxylic acids is 2. The summed E-state index contributed by atoms with van der Waals surface area (Å²) in [6.07, 6.45) is 4.38. The van der Waals surface area contributed by atoms with E-state index in [9.17, 15) is 19.5 Å². The van der Waals surface area contributed by atoms with E-state index in [4.69, 9.17) is 15.9 Å². The lowest BCUT2D eigenvalue weighted by atomic mass is 9.84. The van der Waals surface area contributed by atoms with E-state index in [1.54, 1.807) is 6.92 Å². The highest BCUT2D eigenvalue weighted by molar-refractivity contribution is 5.89. The maximum absolute atomic E-state index is 12.9. The van der Waals surface area contributed by atoms with Crippen LogP contribution in [0.25, 0.3) is 11.1 Å². The van der Waals surface area contributed by atoms with Crippen molar-refractivity contribution in [1.29, 1.82) is 0 Å². The second-order valence-corrected chi connectivity index (χ2v) is 8.73. The van der Waals surface area contributed by atoms with Crippen molar-refractivity contribution in [2.45, 2.75) is 31.3 Å². The van der Waals surface area contributed by atoms with Crippen molar-refractivity contribution in [3.63, 3.8) is 0 Å². The Morgan fingerprint density at radius 2 is 1.79 bits per heavy atom. The smallest absolute Gasteiger partial charge is 0.407 e. The summed E-state index contributed by atoms with van der Waals surface area (Å²) in [5.41, 5.74) is 3.27.